The van der Waals surface area contributed by atoms with Gasteiger partial charge in [-0.1, -0.05) is 23.4 Å². The molecule has 190 valence electrons. The molecule has 0 spiro atoms. The minimum Gasteiger partial charge on any atom is -0.489 e. The zero-order valence-electron chi connectivity index (χ0n) is 20.9. The van der Waals surface area contributed by atoms with E-state index in [0.29, 0.717) is 43.3 Å². The van der Waals surface area contributed by atoms with Crippen molar-refractivity contribution < 1.29 is 23.2 Å². The molecule has 8 nitrogen and oxygen atoms in total. The van der Waals surface area contributed by atoms with Gasteiger partial charge >= 0.3 is 0 Å². The van der Waals surface area contributed by atoms with Gasteiger partial charge in [0.05, 0.1) is 5.56 Å². The molecule has 36 heavy (non-hydrogen) atoms. The molecule has 0 unspecified atom stereocenters. The standard InChI is InChI=1S/C27H31FN4O4/c1-19-24(18-35-23-11-9-22(28)10-12-23)26(29-36-19)27(34)31-16-15-30(3)13-6-14-32(20(2)33)25-8-5-4-7-21(25)17-31/h4-5,7-12H,6,13-18H2,1-3H3. The molecular weight excluding hydrogens is 463 g/mol. The normalized spacial score (nSPS) is 15.2. The second kappa shape index (κ2) is 11.3. The Morgan fingerprint density at radius 2 is 1.81 bits per heavy atom. The molecule has 1 aromatic heterocycles. The van der Waals surface area contributed by atoms with Gasteiger partial charge in [-0.15, -0.1) is 0 Å². The lowest BCUT2D eigenvalue weighted by atomic mass is 10.1. The summed E-state index contributed by atoms with van der Waals surface area (Å²) < 4.78 is 24.4. The second-order valence-electron chi connectivity index (χ2n) is 8.99. The quantitative estimate of drug-likeness (QED) is 0.545. The third-order valence-corrected chi connectivity index (χ3v) is 6.37. The summed E-state index contributed by atoms with van der Waals surface area (Å²) in [5.74, 6) is 0.299. The number of hydrogen-bond acceptors (Lipinski definition) is 6. The molecule has 9 heteroatoms. The predicted octanol–water partition coefficient (Wildman–Crippen LogP) is 4.03. The molecule has 0 N–H and O–H groups in total. The molecule has 0 saturated heterocycles. The van der Waals surface area contributed by atoms with E-state index in [2.05, 4.69) is 10.1 Å². The van der Waals surface area contributed by atoms with E-state index >= 15 is 0 Å². The molecule has 0 saturated carbocycles. The molecule has 0 fully saturated rings. The van der Waals surface area contributed by atoms with Crippen LogP contribution >= 0.6 is 0 Å². The van der Waals surface area contributed by atoms with Crippen LogP contribution in [0.1, 0.15) is 40.7 Å². The highest BCUT2D eigenvalue weighted by Crippen LogP contribution is 2.25. The van der Waals surface area contributed by atoms with E-state index in [1.54, 1.807) is 23.6 Å². The van der Waals surface area contributed by atoms with E-state index in [1.807, 2.05) is 31.3 Å². The van der Waals surface area contributed by atoms with E-state index in [9.17, 15) is 14.0 Å². The molecular formula is C27H31FN4O4. The lowest BCUT2D eigenvalue weighted by Crippen LogP contribution is -2.38. The zero-order chi connectivity index (χ0) is 25.7. The van der Waals surface area contributed by atoms with E-state index in [1.165, 1.54) is 24.3 Å². The van der Waals surface area contributed by atoms with Gasteiger partial charge in [0.15, 0.2) is 5.69 Å². The van der Waals surface area contributed by atoms with Gasteiger partial charge in [-0.25, -0.2) is 4.39 Å². The van der Waals surface area contributed by atoms with Crippen LogP contribution in [-0.2, 0) is 17.9 Å². The molecule has 0 radical (unpaired) electrons. The van der Waals surface area contributed by atoms with Gasteiger partial charge in [-0.2, -0.15) is 0 Å². The number of rotatable bonds is 4. The topological polar surface area (TPSA) is 79.1 Å². The van der Waals surface area contributed by atoms with Crippen LogP contribution in [0.2, 0.25) is 0 Å². The van der Waals surface area contributed by atoms with Gasteiger partial charge in [0, 0.05) is 38.8 Å². The van der Waals surface area contributed by atoms with Gasteiger partial charge in [-0.3, -0.25) is 9.59 Å². The number of likely N-dealkylation sites (N-methyl/N-ethyl adjacent to an activating group) is 1. The van der Waals surface area contributed by atoms with Crippen LogP contribution in [0.15, 0.2) is 53.1 Å². The molecule has 2 heterocycles. The molecule has 1 aliphatic rings. The molecule has 0 aliphatic carbocycles. The maximum Gasteiger partial charge on any atom is 0.276 e. The molecule has 4 rings (SSSR count). The lowest BCUT2D eigenvalue weighted by Gasteiger charge is -2.27. The summed E-state index contributed by atoms with van der Waals surface area (Å²) in [6.45, 7) is 6.23. The summed E-state index contributed by atoms with van der Waals surface area (Å²) in [5, 5.41) is 4.07. The smallest absolute Gasteiger partial charge is 0.276 e. The Morgan fingerprint density at radius 1 is 1.06 bits per heavy atom. The van der Waals surface area contributed by atoms with Gasteiger partial charge in [0.1, 0.15) is 23.9 Å². The largest absolute Gasteiger partial charge is 0.489 e. The average molecular weight is 495 g/mol. The molecule has 3 aromatic rings. The number of amides is 2. The number of benzene rings is 2. The Kier molecular flexibility index (Phi) is 8.00. The fraction of sp³-hybridized carbons (Fsp3) is 0.370. The molecule has 0 atom stereocenters. The van der Waals surface area contributed by atoms with Crippen molar-refractivity contribution in [2.75, 3.05) is 38.1 Å². The fourth-order valence-electron chi connectivity index (χ4n) is 4.28. The number of aryl methyl sites for hydroxylation is 1. The second-order valence-corrected chi connectivity index (χ2v) is 8.99. The highest BCUT2D eigenvalue weighted by Gasteiger charge is 2.27. The number of ether oxygens (including phenoxy) is 1. The highest BCUT2D eigenvalue weighted by molar-refractivity contribution is 5.94. The minimum absolute atomic E-state index is 0.0328. The number of halogens is 1. The Hall–Kier alpha value is -3.72. The third kappa shape index (κ3) is 5.91. The van der Waals surface area contributed by atoms with Crippen molar-refractivity contribution in [3.63, 3.8) is 0 Å². The van der Waals surface area contributed by atoms with E-state index in [4.69, 9.17) is 9.26 Å². The SMILES string of the molecule is CC(=O)N1CCCN(C)CCN(C(=O)c2noc(C)c2COc2ccc(F)cc2)Cc2ccccc21. The summed E-state index contributed by atoms with van der Waals surface area (Å²) in [7, 11) is 2.01. The van der Waals surface area contributed by atoms with E-state index in [-0.39, 0.29) is 29.9 Å². The molecule has 1 aliphatic heterocycles. The summed E-state index contributed by atoms with van der Waals surface area (Å²) >= 11 is 0. The molecule has 2 aromatic carbocycles. The number of aromatic nitrogens is 1. The molecule has 0 bridgehead atoms. The first-order valence-electron chi connectivity index (χ1n) is 12.0. The van der Waals surface area contributed by atoms with Crippen molar-refractivity contribution >= 4 is 17.5 Å². The Bertz CT molecular complexity index is 1210. The Morgan fingerprint density at radius 3 is 2.56 bits per heavy atom. The predicted molar refractivity (Wildman–Crippen MR) is 133 cm³/mol. The van der Waals surface area contributed by atoms with Gasteiger partial charge in [-0.05, 0) is 62.8 Å². The number of anilines is 1. The summed E-state index contributed by atoms with van der Waals surface area (Å²) in [5.41, 5.74) is 2.43. The van der Waals surface area contributed by atoms with Crippen LogP contribution in [0.5, 0.6) is 5.75 Å². The highest BCUT2D eigenvalue weighted by atomic mass is 19.1. The van der Waals surface area contributed by atoms with E-state index < -0.39 is 0 Å². The van der Waals surface area contributed by atoms with Crippen molar-refractivity contribution in [1.82, 2.24) is 15.0 Å². The first-order chi connectivity index (χ1) is 17.3. The number of carbonyl (C=O) groups is 2. The van der Waals surface area contributed by atoms with Crippen LogP contribution in [0.25, 0.3) is 0 Å². The van der Waals surface area contributed by atoms with Crippen LogP contribution in [0, 0.1) is 12.7 Å². The maximum absolute atomic E-state index is 13.8. The monoisotopic (exact) mass is 494 g/mol. The maximum atomic E-state index is 13.8. The van der Waals surface area contributed by atoms with Crippen molar-refractivity contribution in [3.05, 3.63) is 76.9 Å². The van der Waals surface area contributed by atoms with Crippen LogP contribution < -0.4 is 9.64 Å². The van der Waals surface area contributed by atoms with Gasteiger partial charge in [0.25, 0.3) is 5.91 Å². The first kappa shape index (κ1) is 25.4. The lowest BCUT2D eigenvalue weighted by molar-refractivity contribution is -0.116. The first-order valence-corrected chi connectivity index (χ1v) is 12.0. The van der Waals surface area contributed by atoms with Crippen molar-refractivity contribution in [2.45, 2.75) is 33.4 Å². The third-order valence-electron chi connectivity index (χ3n) is 6.37. The number of fused-ring (bicyclic) bond motifs is 1. The van der Waals surface area contributed by atoms with Gasteiger partial charge < -0.3 is 24.0 Å². The Labute approximate surface area is 210 Å². The summed E-state index contributed by atoms with van der Waals surface area (Å²) in [6.07, 6.45) is 0.825. The van der Waals surface area contributed by atoms with Crippen LogP contribution in [0.4, 0.5) is 10.1 Å². The van der Waals surface area contributed by atoms with Crippen molar-refractivity contribution in [1.29, 1.82) is 0 Å². The molecule has 2 amide bonds. The number of carbonyl (C=O) groups excluding carboxylic acids is 2. The average Bonchev–Trinajstić information content (AvgIpc) is 3.22. The Balaban J connectivity index is 1.62. The van der Waals surface area contributed by atoms with Crippen molar-refractivity contribution in [2.24, 2.45) is 0 Å². The fourth-order valence-corrected chi connectivity index (χ4v) is 4.28. The van der Waals surface area contributed by atoms with E-state index in [0.717, 1.165) is 24.2 Å². The summed E-state index contributed by atoms with van der Waals surface area (Å²) in [4.78, 5) is 31.9. The van der Waals surface area contributed by atoms with Crippen LogP contribution in [0.3, 0.4) is 0 Å². The minimum atomic E-state index is -0.354. The summed E-state index contributed by atoms with van der Waals surface area (Å²) in [6, 6.07) is 13.4. The zero-order valence-corrected chi connectivity index (χ0v) is 20.9. The number of para-hydroxylation sites is 1. The number of hydrogen-bond donors (Lipinski definition) is 0. The van der Waals surface area contributed by atoms with Gasteiger partial charge in [0.2, 0.25) is 5.91 Å². The van der Waals surface area contributed by atoms with Crippen molar-refractivity contribution in [3.8, 4) is 5.75 Å². The number of nitrogens with zero attached hydrogens (tertiary/aromatic N) is 4. The van der Waals surface area contributed by atoms with Crippen LogP contribution in [-0.4, -0.2) is 60.0 Å².